The van der Waals surface area contributed by atoms with Gasteiger partial charge in [-0.25, -0.2) is 0 Å². The van der Waals surface area contributed by atoms with Crippen molar-refractivity contribution >= 4 is 35.6 Å². The molecule has 1 aliphatic rings. The number of methoxy groups -OCH3 is 1. The first-order chi connectivity index (χ1) is 13.8. The summed E-state index contributed by atoms with van der Waals surface area (Å²) in [7, 11) is 1.69. The molecule has 1 saturated heterocycles. The Hall–Kier alpha value is -1.96. The van der Waals surface area contributed by atoms with Gasteiger partial charge in [0.05, 0.1) is 7.11 Å². The Morgan fingerprint density at radius 1 is 1.10 bits per heavy atom. The van der Waals surface area contributed by atoms with E-state index in [9.17, 15) is 0 Å². The summed E-state index contributed by atoms with van der Waals surface area (Å²) in [4.78, 5) is 7.29. The summed E-state index contributed by atoms with van der Waals surface area (Å²) in [6, 6.07) is 18.9. The molecule has 0 radical (unpaired) electrons. The highest BCUT2D eigenvalue weighted by molar-refractivity contribution is 14.0. The van der Waals surface area contributed by atoms with Crippen LogP contribution < -0.4 is 20.3 Å². The Balaban J connectivity index is 0.00000300. The van der Waals surface area contributed by atoms with E-state index in [1.807, 2.05) is 12.1 Å². The van der Waals surface area contributed by atoms with E-state index in [-0.39, 0.29) is 24.0 Å². The van der Waals surface area contributed by atoms with Crippen LogP contribution in [0.25, 0.3) is 0 Å². The lowest BCUT2D eigenvalue weighted by atomic mass is 10.1. The van der Waals surface area contributed by atoms with Crippen molar-refractivity contribution in [3.05, 3.63) is 60.2 Å². The van der Waals surface area contributed by atoms with Gasteiger partial charge in [0.2, 0.25) is 0 Å². The first-order valence-corrected chi connectivity index (χ1v) is 10.2. The highest BCUT2D eigenvalue weighted by Crippen LogP contribution is 2.23. The van der Waals surface area contributed by atoms with Crippen LogP contribution in [0, 0.1) is 5.92 Å². The molecule has 1 heterocycles. The molecule has 0 spiro atoms. The van der Waals surface area contributed by atoms with Crippen molar-refractivity contribution in [1.29, 1.82) is 0 Å². The predicted octanol–water partition coefficient (Wildman–Crippen LogP) is 3.94. The Labute approximate surface area is 192 Å². The van der Waals surface area contributed by atoms with Crippen LogP contribution in [0.4, 0.5) is 5.69 Å². The molecule has 1 aliphatic heterocycles. The van der Waals surface area contributed by atoms with Crippen LogP contribution in [0.2, 0.25) is 0 Å². The van der Waals surface area contributed by atoms with Gasteiger partial charge in [-0.2, -0.15) is 0 Å². The van der Waals surface area contributed by atoms with E-state index < -0.39 is 0 Å². The van der Waals surface area contributed by atoms with Crippen molar-refractivity contribution in [3.8, 4) is 5.75 Å². The van der Waals surface area contributed by atoms with Crippen LogP contribution >= 0.6 is 24.0 Å². The average Bonchev–Trinajstić information content (AvgIpc) is 3.22. The monoisotopic (exact) mass is 508 g/mol. The Morgan fingerprint density at radius 3 is 2.55 bits per heavy atom. The topological polar surface area (TPSA) is 48.9 Å². The fourth-order valence-electron chi connectivity index (χ4n) is 3.53. The maximum absolute atomic E-state index is 5.21. The van der Waals surface area contributed by atoms with E-state index in [0.29, 0.717) is 5.92 Å². The number of hydrogen-bond acceptors (Lipinski definition) is 3. The molecule has 0 aromatic heterocycles. The van der Waals surface area contributed by atoms with Gasteiger partial charge in [0.15, 0.2) is 5.96 Å². The third kappa shape index (κ3) is 7.42. The average molecular weight is 508 g/mol. The third-order valence-electron chi connectivity index (χ3n) is 5.12. The minimum Gasteiger partial charge on any atom is -0.497 e. The molecule has 1 atom stereocenters. The molecular weight excluding hydrogens is 475 g/mol. The number of anilines is 1. The van der Waals surface area contributed by atoms with Gasteiger partial charge in [0.1, 0.15) is 5.75 Å². The summed E-state index contributed by atoms with van der Waals surface area (Å²) in [5, 5.41) is 6.82. The second-order valence-corrected chi connectivity index (χ2v) is 7.18. The Bertz CT molecular complexity index is 736. The van der Waals surface area contributed by atoms with Crippen molar-refractivity contribution in [3.63, 3.8) is 0 Å². The number of rotatable bonds is 8. The van der Waals surface area contributed by atoms with Gasteiger partial charge < -0.3 is 20.3 Å². The van der Waals surface area contributed by atoms with E-state index in [4.69, 9.17) is 9.73 Å². The molecule has 6 heteroatoms. The smallest absolute Gasteiger partial charge is 0.191 e. The number of halogens is 1. The quantitative estimate of drug-likeness (QED) is 0.322. The molecule has 29 heavy (non-hydrogen) atoms. The molecule has 2 aromatic rings. The number of hydrogen-bond donors (Lipinski definition) is 2. The molecule has 2 aromatic carbocycles. The molecule has 0 bridgehead atoms. The molecule has 5 nitrogen and oxygen atoms in total. The maximum Gasteiger partial charge on any atom is 0.191 e. The fraction of sp³-hybridized carbons (Fsp3) is 0.435. The predicted molar refractivity (Wildman–Crippen MR) is 133 cm³/mol. The number of guanidine groups is 1. The normalized spacial score (nSPS) is 16.3. The van der Waals surface area contributed by atoms with Gasteiger partial charge >= 0.3 is 0 Å². The van der Waals surface area contributed by atoms with Crippen LogP contribution in [-0.2, 0) is 6.42 Å². The minimum atomic E-state index is 0. The molecule has 3 rings (SSSR count). The molecular formula is C23H33IN4O. The Kier molecular flexibility index (Phi) is 10.1. The number of ether oxygens (including phenoxy) is 1. The van der Waals surface area contributed by atoms with Gasteiger partial charge in [-0.15, -0.1) is 24.0 Å². The third-order valence-corrected chi connectivity index (χ3v) is 5.12. The van der Waals surface area contributed by atoms with Gasteiger partial charge in [0.25, 0.3) is 0 Å². The number of benzene rings is 2. The first-order valence-electron chi connectivity index (χ1n) is 10.2. The zero-order valence-corrected chi connectivity index (χ0v) is 19.8. The van der Waals surface area contributed by atoms with E-state index in [1.54, 1.807) is 7.11 Å². The van der Waals surface area contributed by atoms with Gasteiger partial charge in [-0.05, 0) is 55.5 Å². The van der Waals surface area contributed by atoms with Gasteiger partial charge in [0, 0.05) is 38.4 Å². The van der Waals surface area contributed by atoms with E-state index in [0.717, 1.165) is 50.9 Å². The summed E-state index contributed by atoms with van der Waals surface area (Å²) in [5.41, 5.74) is 2.61. The van der Waals surface area contributed by atoms with Crippen LogP contribution in [0.3, 0.4) is 0 Å². The van der Waals surface area contributed by atoms with Crippen LogP contribution in [0.15, 0.2) is 59.6 Å². The molecule has 2 N–H and O–H groups in total. The zero-order chi connectivity index (χ0) is 19.6. The lowest BCUT2D eigenvalue weighted by Gasteiger charge is -2.18. The van der Waals surface area contributed by atoms with Crippen LogP contribution in [0.5, 0.6) is 5.75 Å². The molecule has 0 aliphatic carbocycles. The number of nitrogens with one attached hydrogen (secondary N) is 2. The lowest BCUT2D eigenvalue weighted by Crippen LogP contribution is -2.38. The second-order valence-electron chi connectivity index (χ2n) is 7.18. The van der Waals surface area contributed by atoms with Gasteiger partial charge in [-0.3, -0.25) is 4.99 Å². The van der Waals surface area contributed by atoms with E-state index in [2.05, 4.69) is 64.9 Å². The van der Waals surface area contributed by atoms with Crippen molar-refractivity contribution in [1.82, 2.24) is 10.6 Å². The van der Waals surface area contributed by atoms with Crippen LogP contribution in [-0.4, -0.2) is 45.8 Å². The lowest BCUT2D eigenvalue weighted by molar-refractivity contribution is 0.414. The van der Waals surface area contributed by atoms with E-state index in [1.165, 1.54) is 17.7 Å². The Morgan fingerprint density at radius 2 is 1.86 bits per heavy atom. The second kappa shape index (κ2) is 12.6. The molecule has 1 fully saturated rings. The number of nitrogens with zero attached hydrogens (tertiary/aromatic N) is 2. The van der Waals surface area contributed by atoms with Crippen molar-refractivity contribution in [2.75, 3.05) is 44.7 Å². The molecule has 158 valence electrons. The van der Waals surface area contributed by atoms with Gasteiger partial charge in [-0.1, -0.05) is 30.3 Å². The fourth-order valence-corrected chi connectivity index (χ4v) is 3.53. The summed E-state index contributed by atoms with van der Waals surface area (Å²) in [6.07, 6.45) is 2.16. The minimum absolute atomic E-state index is 0. The largest absolute Gasteiger partial charge is 0.497 e. The summed E-state index contributed by atoms with van der Waals surface area (Å²) in [6.45, 7) is 6.90. The highest BCUT2D eigenvalue weighted by atomic mass is 127. The number of aliphatic imine (C=N–C) groups is 1. The molecule has 0 saturated carbocycles. The van der Waals surface area contributed by atoms with Crippen LogP contribution in [0.1, 0.15) is 18.9 Å². The summed E-state index contributed by atoms with van der Waals surface area (Å²) >= 11 is 0. The standard InChI is InChI=1S/C23H32N4O.HI/c1-3-24-23(25-15-13-19-9-11-22(28-2)12-10-19)26-17-20-14-16-27(18-20)21-7-5-4-6-8-21;/h4-12,20H,3,13-18H2,1-2H3,(H2,24,25,26);1H. The van der Waals surface area contributed by atoms with Crippen molar-refractivity contribution in [2.24, 2.45) is 10.9 Å². The van der Waals surface area contributed by atoms with E-state index >= 15 is 0 Å². The van der Waals surface area contributed by atoms with Crippen molar-refractivity contribution < 1.29 is 4.74 Å². The summed E-state index contributed by atoms with van der Waals surface area (Å²) in [5.74, 6) is 2.42. The highest BCUT2D eigenvalue weighted by Gasteiger charge is 2.22. The SMILES string of the molecule is CCNC(=NCC1CCN(c2ccccc2)C1)NCCc1ccc(OC)cc1.I. The zero-order valence-electron chi connectivity index (χ0n) is 17.4. The molecule has 1 unspecified atom stereocenters. The summed E-state index contributed by atoms with van der Waals surface area (Å²) < 4.78 is 5.21. The molecule has 0 amide bonds. The number of para-hydroxylation sites is 1. The van der Waals surface area contributed by atoms with Crippen molar-refractivity contribution in [2.45, 2.75) is 19.8 Å². The first kappa shape index (κ1) is 23.3. The maximum atomic E-state index is 5.21.